The summed E-state index contributed by atoms with van der Waals surface area (Å²) in [5.41, 5.74) is 0. The molecule has 0 atom stereocenters. The Morgan fingerprint density at radius 1 is 1.33 bits per heavy atom. The maximum atomic E-state index is 12.1. The van der Waals surface area contributed by atoms with E-state index >= 15 is 0 Å². The summed E-state index contributed by atoms with van der Waals surface area (Å²) in [4.78, 5) is 10.5. The fourth-order valence-corrected chi connectivity index (χ4v) is 2.80. The molecule has 6 nitrogen and oxygen atoms in total. The first-order chi connectivity index (χ1) is 8.41. The third kappa shape index (κ3) is 3.21. The Morgan fingerprint density at radius 2 is 1.89 bits per heavy atom. The first-order valence-corrected chi connectivity index (χ1v) is 6.70. The number of likely N-dealkylation sites (N-methyl/N-ethyl adjacent to an activating group) is 1. The van der Waals surface area contributed by atoms with Crippen molar-refractivity contribution >= 4 is 16.0 Å². The molecule has 0 aliphatic rings. The van der Waals surface area contributed by atoms with Crippen LogP contribution in [0.1, 0.15) is 6.92 Å². The maximum Gasteiger partial charge on any atom is 0.243 e. The average Bonchev–Trinajstić information content (AvgIpc) is 2.35. The van der Waals surface area contributed by atoms with Crippen LogP contribution in [0.3, 0.4) is 0 Å². The second-order valence-corrected chi connectivity index (χ2v) is 5.42. The topological polar surface area (TPSA) is 86.7 Å². The first-order valence-electron chi connectivity index (χ1n) is 5.26. The molecule has 1 aromatic carbocycles. The summed E-state index contributed by atoms with van der Waals surface area (Å²) in [6, 6.07) is 5.73. The van der Waals surface area contributed by atoms with E-state index in [4.69, 9.17) is 4.74 Å². The van der Waals surface area contributed by atoms with Crippen molar-refractivity contribution in [3.63, 3.8) is 0 Å². The van der Waals surface area contributed by atoms with Crippen LogP contribution in [-0.4, -0.2) is 38.9 Å². The van der Waals surface area contributed by atoms with Gasteiger partial charge in [-0.3, -0.25) is 0 Å². The zero-order chi connectivity index (χ0) is 13.8. The van der Waals surface area contributed by atoms with Gasteiger partial charge in [0.1, 0.15) is 5.75 Å². The lowest BCUT2D eigenvalue weighted by atomic mass is 10.3. The summed E-state index contributed by atoms with van der Waals surface area (Å²) < 4.78 is 29.9. The molecule has 0 aliphatic carbocycles. The molecule has 18 heavy (non-hydrogen) atoms. The monoisotopic (exact) mass is 272 g/mol. The molecule has 0 aliphatic heterocycles. The van der Waals surface area contributed by atoms with Gasteiger partial charge in [0, 0.05) is 6.54 Å². The van der Waals surface area contributed by atoms with Crippen molar-refractivity contribution in [2.45, 2.75) is 11.8 Å². The summed E-state index contributed by atoms with van der Waals surface area (Å²) in [5, 5.41) is 10.5. The minimum absolute atomic E-state index is 0.0198. The number of nitrogens with zero attached hydrogens (tertiary/aromatic N) is 1. The number of carboxylic acids is 1. The van der Waals surface area contributed by atoms with Crippen molar-refractivity contribution in [2.24, 2.45) is 0 Å². The molecule has 0 spiro atoms. The van der Waals surface area contributed by atoms with Crippen molar-refractivity contribution in [3.8, 4) is 5.75 Å². The molecule has 1 aromatic rings. The van der Waals surface area contributed by atoms with Crippen LogP contribution in [0.15, 0.2) is 29.2 Å². The standard InChI is InChI=1S/C11H15NO5S/c1-3-12(8-11(13)14)18(15,16)10-6-4-9(17-2)5-7-10/h4-7H,3,8H2,1-2H3,(H,13,14)/p-1. The smallest absolute Gasteiger partial charge is 0.243 e. The van der Waals surface area contributed by atoms with Crippen molar-refractivity contribution < 1.29 is 23.1 Å². The molecule has 0 fully saturated rings. The molecule has 7 heteroatoms. The highest BCUT2D eigenvalue weighted by Gasteiger charge is 2.22. The van der Waals surface area contributed by atoms with E-state index in [-0.39, 0.29) is 11.4 Å². The number of carbonyl (C=O) groups excluding carboxylic acids is 1. The van der Waals surface area contributed by atoms with E-state index in [0.717, 1.165) is 4.31 Å². The lowest BCUT2D eigenvalue weighted by Crippen LogP contribution is -2.41. The van der Waals surface area contributed by atoms with E-state index in [0.29, 0.717) is 5.75 Å². The summed E-state index contributed by atoms with van der Waals surface area (Å²) in [7, 11) is -2.34. The number of carboxylic acid groups (broad SMARTS) is 1. The Kier molecular flexibility index (Phi) is 4.69. The zero-order valence-electron chi connectivity index (χ0n) is 10.1. The van der Waals surface area contributed by atoms with Gasteiger partial charge in [-0.1, -0.05) is 6.92 Å². The predicted octanol–water partition coefficient (Wildman–Crippen LogP) is -0.544. The summed E-state index contributed by atoms with van der Waals surface area (Å²) in [5.74, 6) is -0.911. The molecular formula is C11H14NO5S-. The number of methoxy groups -OCH3 is 1. The van der Waals surface area contributed by atoms with Gasteiger partial charge in [0.05, 0.1) is 24.5 Å². The minimum atomic E-state index is -3.81. The zero-order valence-corrected chi connectivity index (χ0v) is 10.9. The van der Waals surface area contributed by atoms with Crippen LogP contribution >= 0.6 is 0 Å². The highest BCUT2D eigenvalue weighted by Crippen LogP contribution is 2.18. The van der Waals surface area contributed by atoms with E-state index in [9.17, 15) is 18.3 Å². The van der Waals surface area contributed by atoms with Crippen LogP contribution in [0.5, 0.6) is 5.75 Å². The summed E-state index contributed by atoms with van der Waals surface area (Å²) >= 11 is 0. The molecular weight excluding hydrogens is 258 g/mol. The summed E-state index contributed by atoms with van der Waals surface area (Å²) in [6.45, 7) is 0.956. The van der Waals surface area contributed by atoms with Crippen molar-refractivity contribution in [3.05, 3.63) is 24.3 Å². The van der Waals surface area contributed by atoms with Crippen LogP contribution in [0.25, 0.3) is 0 Å². The highest BCUT2D eigenvalue weighted by atomic mass is 32.2. The number of aliphatic carboxylic acids is 1. The normalized spacial score (nSPS) is 11.5. The predicted molar refractivity (Wildman–Crippen MR) is 62.4 cm³/mol. The van der Waals surface area contributed by atoms with E-state index < -0.39 is 22.5 Å². The van der Waals surface area contributed by atoms with E-state index in [1.807, 2.05) is 0 Å². The Balaban J connectivity index is 3.06. The SMILES string of the molecule is CCN(CC(=O)[O-])S(=O)(=O)c1ccc(OC)cc1. The molecule has 0 unspecified atom stereocenters. The second kappa shape index (κ2) is 5.83. The van der Waals surface area contributed by atoms with Crippen molar-refractivity contribution in [1.29, 1.82) is 0 Å². The van der Waals surface area contributed by atoms with Crippen LogP contribution in [0.2, 0.25) is 0 Å². The lowest BCUT2D eigenvalue weighted by Gasteiger charge is -2.20. The Labute approximate surface area is 106 Å². The van der Waals surface area contributed by atoms with Gasteiger partial charge in [-0.2, -0.15) is 4.31 Å². The fourth-order valence-electron chi connectivity index (χ4n) is 1.41. The van der Waals surface area contributed by atoms with Gasteiger partial charge in [-0.05, 0) is 24.3 Å². The molecule has 0 saturated heterocycles. The van der Waals surface area contributed by atoms with E-state index in [2.05, 4.69) is 0 Å². The van der Waals surface area contributed by atoms with Crippen LogP contribution in [0, 0.1) is 0 Å². The molecule has 0 bridgehead atoms. The molecule has 0 N–H and O–H groups in total. The van der Waals surface area contributed by atoms with Crippen molar-refractivity contribution in [2.75, 3.05) is 20.2 Å². The van der Waals surface area contributed by atoms with Gasteiger partial charge in [0.15, 0.2) is 0 Å². The van der Waals surface area contributed by atoms with Gasteiger partial charge < -0.3 is 14.6 Å². The van der Waals surface area contributed by atoms with Crippen molar-refractivity contribution in [1.82, 2.24) is 4.31 Å². The Bertz CT molecular complexity index is 509. The van der Waals surface area contributed by atoms with Gasteiger partial charge in [0.25, 0.3) is 0 Å². The quantitative estimate of drug-likeness (QED) is 0.694. The molecule has 0 amide bonds. The number of carbonyl (C=O) groups is 1. The number of ether oxygens (including phenoxy) is 1. The Morgan fingerprint density at radius 3 is 2.28 bits per heavy atom. The molecule has 1 rings (SSSR count). The second-order valence-electron chi connectivity index (χ2n) is 3.48. The average molecular weight is 272 g/mol. The third-order valence-corrected chi connectivity index (χ3v) is 4.29. The Hall–Kier alpha value is -1.60. The van der Waals surface area contributed by atoms with E-state index in [1.54, 1.807) is 6.92 Å². The first kappa shape index (κ1) is 14.5. The number of rotatable bonds is 6. The number of hydrogen-bond acceptors (Lipinski definition) is 5. The highest BCUT2D eigenvalue weighted by molar-refractivity contribution is 7.89. The largest absolute Gasteiger partial charge is 0.549 e. The van der Waals surface area contributed by atoms with Gasteiger partial charge in [-0.15, -0.1) is 0 Å². The lowest BCUT2D eigenvalue weighted by molar-refractivity contribution is -0.305. The van der Waals surface area contributed by atoms with Crippen LogP contribution in [0.4, 0.5) is 0 Å². The molecule has 0 aromatic heterocycles. The van der Waals surface area contributed by atoms with Gasteiger partial charge >= 0.3 is 0 Å². The number of sulfonamides is 1. The molecule has 0 radical (unpaired) electrons. The fraction of sp³-hybridized carbons (Fsp3) is 0.364. The maximum absolute atomic E-state index is 12.1. The molecule has 0 saturated carbocycles. The number of benzene rings is 1. The third-order valence-electron chi connectivity index (χ3n) is 2.36. The van der Waals surface area contributed by atoms with Gasteiger partial charge in [-0.25, -0.2) is 8.42 Å². The molecule has 100 valence electrons. The van der Waals surface area contributed by atoms with Crippen LogP contribution in [-0.2, 0) is 14.8 Å². The van der Waals surface area contributed by atoms with Crippen LogP contribution < -0.4 is 9.84 Å². The number of hydrogen-bond donors (Lipinski definition) is 0. The van der Waals surface area contributed by atoms with E-state index in [1.165, 1.54) is 31.4 Å². The summed E-state index contributed by atoms with van der Waals surface area (Å²) in [6.07, 6.45) is 0. The van der Waals surface area contributed by atoms with Gasteiger partial charge in [0.2, 0.25) is 10.0 Å². The molecule has 0 heterocycles. The minimum Gasteiger partial charge on any atom is -0.549 e.